The maximum atomic E-state index is 13.6. The second-order valence-electron chi connectivity index (χ2n) is 4.99. The highest BCUT2D eigenvalue weighted by Gasteiger charge is 2.11. The normalized spacial score (nSPS) is 12.3. The molecule has 0 saturated carbocycles. The van der Waals surface area contributed by atoms with Crippen molar-refractivity contribution in [2.45, 2.75) is 18.9 Å². The molecule has 112 valence electrons. The van der Waals surface area contributed by atoms with E-state index in [-0.39, 0.29) is 18.3 Å². The van der Waals surface area contributed by atoms with Crippen molar-refractivity contribution in [3.8, 4) is 0 Å². The van der Waals surface area contributed by atoms with Crippen molar-refractivity contribution in [1.82, 2.24) is 5.32 Å². The van der Waals surface area contributed by atoms with E-state index >= 15 is 0 Å². The molecule has 21 heavy (non-hydrogen) atoms. The lowest BCUT2D eigenvalue weighted by molar-refractivity contribution is 0.273. The maximum absolute atomic E-state index is 13.6. The van der Waals surface area contributed by atoms with Gasteiger partial charge in [0.1, 0.15) is 5.82 Å². The van der Waals surface area contributed by atoms with Crippen LogP contribution in [0.3, 0.4) is 0 Å². The average Bonchev–Trinajstić information content (AvgIpc) is 2.51. The molecule has 2 nitrogen and oxygen atoms in total. The van der Waals surface area contributed by atoms with Crippen LogP contribution in [0.15, 0.2) is 48.5 Å². The van der Waals surface area contributed by atoms with Crippen LogP contribution in [-0.4, -0.2) is 18.3 Å². The van der Waals surface area contributed by atoms with Gasteiger partial charge in [0.25, 0.3) is 0 Å². The Morgan fingerprint density at radius 1 is 1.14 bits per heavy atom. The van der Waals surface area contributed by atoms with Crippen molar-refractivity contribution in [2.75, 3.05) is 13.2 Å². The van der Waals surface area contributed by atoms with Crippen molar-refractivity contribution < 1.29 is 9.50 Å². The van der Waals surface area contributed by atoms with Crippen LogP contribution in [0.25, 0.3) is 0 Å². The summed E-state index contributed by atoms with van der Waals surface area (Å²) in [6.45, 7) is 1.23. The largest absolute Gasteiger partial charge is 0.396 e. The standard InChI is InChI=1S/C17H19ClFNO/c18-16-6-7-17(19)15(10-16)12-20-11-14(8-9-21)13-4-2-1-3-5-13/h1-7,10,14,20-21H,8-9,11-12H2. The zero-order valence-corrected chi connectivity index (χ0v) is 12.5. The van der Waals surface area contributed by atoms with E-state index in [1.165, 1.54) is 11.6 Å². The number of hydrogen-bond acceptors (Lipinski definition) is 2. The molecular weight excluding hydrogens is 289 g/mol. The predicted molar refractivity (Wildman–Crippen MR) is 84.0 cm³/mol. The molecule has 0 saturated heterocycles. The van der Waals surface area contributed by atoms with Gasteiger partial charge in [-0.2, -0.15) is 0 Å². The Balaban J connectivity index is 1.95. The average molecular weight is 308 g/mol. The molecule has 0 aliphatic heterocycles. The fraction of sp³-hybridized carbons (Fsp3) is 0.294. The summed E-state index contributed by atoms with van der Waals surface area (Å²) in [7, 11) is 0. The van der Waals surface area contributed by atoms with Gasteiger partial charge in [-0.05, 0) is 36.1 Å². The van der Waals surface area contributed by atoms with E-state index in [0.717, 1.165) is 0 Å². The van der Waals surface area contributed by atoms with Crippen LogP contribution in [0.2, 0.25) is 5.02 Å². The Bertz CT molecular complexity index is 562. The van der Waals surface area contributed by atoms with Crippen molar-refractivity contribution in [1.29, 1.82) is 0 Å². The van der Waals surface area contributed by atoms with Gasteiger partial charge in [0.15, 0.2) is 0 Å². The van der Waals surface area contributed by atoms with E-state index in [4.69, 9.17) is 11.6 Å². The quantitative estimate of drug-likeness (QED) is 0.817. The highest BCUT2D eigenvalue weighted by molar-refractivity contribution is 6.30. The molecule has 0 aliphatic rings. The summed E-state index contributed by atoms with van der Waals surface area (Å²) in [5.74, 6) is -0.0521. The Hall–Kier alpha value is -1.42. The van der Waals surface area contributed by atoms with E-state index in [1.54, 1.807) is 12.1 Å². The number of hydrogen-bond donors (Lipinski definition) is 2. The van der Waals surface area contributed by atoms with Crippen LogP contribution in [0.5, 0.6) is 0 Å². The van der Waals surface area contributed by atoms with Crippen molar-refractivity contribution in [3.63, 3.8) is 0 Å². The van der Waals surface area contributed by atoms with Crippen molar-refractivity contribution >= 4 is 11.6 Å². The highest BCUT2D eigenvalue weighted by atomic mass is 35.5. The second kappa shape index (κ2) is 8.13. The van der Waals surface area contributed by atoms with E-state index < -0.39 is 0 Å². The molecule has 0 aliphatic carbocycles. The summed E-state index contributed by atoms with van der Waals surface area (Å²) in [6, 6.07) is 14.6. The molecule has 0 aromatic heterocycles. The van der Waals surface area contributed by atoms with Crippen LogP contribution in [0.1, 0.15) is 23.5 Å². The van der Waals surface area contributed by atoms with Crippen LogP contribution in [0, 0.1) is 5.82 Å². The fourth-order valence-corrected chi connectivity index (χ4v) is 2.52. The zero-order valence-electron chi connectivity index (χ0n) is 11.7. The summed E-state index contributed by atoms with van der Waals surface area (Å²) < 4.78 is 13.6. The van der Waals surface area contributed by atoms with Crippen LogP contribution in [0.4, 0.5) is 4.39 Å². The minimum Gasteiger partial charge on any atom is -0.396 e. The number of aliphatic hydroxyl groups excluding tert-OH is 1. The Morgan fingerprint density at radius 2 is 1.90 bits per heavy atom. The van der Waals surface area contributed by atoms with Gasteiger partial charge in [0.05, 0.1) is 0 Å². The van der Waals surface area contributed by atoms with E-state index in [0.29, 0.717) is 30.1 Å². The summed E-state index contributed by atoms with van der Waals surface area (Å²) >= 11 is 5.88. The van der Waals surface area contributed by atoms with Gasteiger partial charge in [-0.1, -0.05) is 41.9 Å². The third-order valence-corrected chi connectivity index (χ3v) is 3.70. The van der Waals surface area contributed by atoms with E-state index in [1.807, 2.05) is 30.3 Å². The van der Waals surface area contributed by atoms with Gasteiger partial charge in [0, 0.05) is 30.3 Å². The van der Waals surface area contributed by atoms with E-state index in [2.05, 4.69) is 5.32 Å². The predicted octanol–water partition coefficient (Wildman–Crippen LogP) is 3.73. The van der Waals surface area contributed by atoms with Gasteiger partial charge >= 0.3 is 0 Å². The van der Waals surface area contributed by atoms with Gasteiger partial charge in [-0.15, -0.1) is 0 Å². The molecule has 4 heteroatoms. The first-order chi connectivity index (χ1) is 10.2. The van der Waals surface area contributed by atoms with E-state index in [9.17, 15) is 9.50 Å². The molecule has 1 unspecified atom stereocenters. The Morgan fingerprint density at radius 3 is 2.62 bits per heavy atom. The summed E-state index contributed by atoms with van der Waals surface area (Å²) in [6.07, 6.45) is 0.676. The van der Waals surface area contributed by atoms with Gasteiger partial charge < -0.3 is 10.4 Å². The number of aliphatic hydroxyl groups is 1. The van der Waals surface area contributed by atoms with Crippen molar-refractivity contribution in [3.05, 3.63) is 70.5 Å². The smallest absolute Gasteiger partial charge is 0.127 e. The molecule has 0 spiro atoms. The molecule has 0 bridgehead atoms. The van der Waals surface area contributed by atoms with Crippen LogP contribution < -0.4 is 5.32 Å². The molecule has 2 aromatic rings. The monoisotopic (exact) mass is 307 g/mol. The number of nitrogens with one attached hydrogen (secondary N) is 1. The molecule has 0 radical (unpaired) electrons. The third-order valence-electron chi connectivity index (χ3n) is 3.46. The fourth-order valence-electron chi connectivity index (χ4n) is 2.33. The third kappa shape index (κ3) is 4.81. The lowest BCUT2D eigenvalue weighted by Gasteiger charge is -2.17. The molecule has 0 fully saturated rings. The molecule has 2 aromatic carbocycles. The maximum Gasteiger partial charge on any atom is 0.127 e. The van der Waals surface area contributed by atoms with Gasteiger partial charge in [-0.3, -0.25) is 0 Å². The lowest BCUT2D eigenvalue weighted by atomic mass is 9.96. The zero-order chi connectivity index (χ0) is 15.1. The molecular formula is C17H19ClFNO. The second-order valence-corrected chi connectivity index (χ2v) is 5.42. The first kappa shape index (κ1) is 16.0. The number of halogens is 2. The van der Waals surface area contributed by atoms with Crippen LogP contribution in [-0.2, 0) is 6.54 Å². The van der Waals surface area contributed by atoms with Gasteiger partial charge in [0.2, 0.25) is 0 Å². The molecule has 1 atom stereocenters. The lowest BCUT2D eigenvalue weighted by Crippen LogP contribution is -2.22. The Kier molecular flexibility index (Phi) is 6.18. The summed E-state index contributed by atoms with van der Waals surface area (Å²) in [5.41, 5.74) is 1.73. The molecule has 0 amide bonds. The topological polar surface area (TPSA) is 32.3 Å². The first-order valence-corrected chi connectivity index (χ1v) is 7.39. The van der Waals surface area contributed by atoms with Crippen molar-refractivity contribution in [2.24, 2.45) is 0 Å². The summed E-state index contributed by atoms with van der Waals surface area (Å²) in [4.78, 5) is 0. The molecule has 2 rings (SSSR count). The highest BCUT2D eigenvalue weighted by Crippen LogP contribution is 2.19. The molecule has 0 heterocycles. The first-order valence-electron chi connectivity index (χ1n) is 7.01. The van der Waals surface area contributed by atoms with Gasteiger partial charge in [-0.25, -0.2) is 4.39 Å². The Labute approximate surface area is 129 Å². The molecule has 2 N–H and O–H groups in total. The minimum absolute atomic E-state index is 0.132. The van der Waals surface area contributed by atoms with Crippen LogP contribution >= 0.6 is 11.6 Å². The minimum atomic E-state index is -0.259. The summed E-state index contributed by atoms with van der Waals surface area (Å²) in [5, 5.41) is 13.0. The number of benzene rings is 2. The number of rotatable bonds is 7. The SMILES string of the molecule is OCCC(CNCc1cc(Cl)ccc1F)c1ccccc1.